The van der Waals surface area contributed by atoms with Gasteiger partial charge in [-0.05, 0) is 29.8 Å². The van der Waals surface area contributed by atoms with Gasteiger partial charge in [0.2, 0.25) is 0 Å². The molecule has 8 heteroatoms. The molecular weight excluding hydrogens is 396 g/mol. The first-order valence-electron chi connectivity index (χ1n) is 8.64. The number of nitro groups is 1. The molecule has 0 aliphatic rings. The van der Waals surface area contributed by atoms with Gasteiger partial charge >= 0.3 is 5.69 Å². The number of rotatable bonds is 7. The molecule has 0 aliphatic heterocycles. The molecule has 0 radical (unpaired) electrons. The number of para-hydroxylation sites is 2. The van der Waals surface area contributed by atoms with Gasteiger partial charge in [0.15, 0.2) is 12.4 Å². The lowest BCUT2D eigenvalue weighted by molar-refractivity contribution is -0.385. The van der Waals surface area contributed by atoms with Crippen LogP contribution in [0.4, 0.5) is 11.4 Å². The van der Waals surface area contributed by atoms with Crippen molar-refractivity contribution < 1.29 is 19.6 Å². The van der Waals surface area contributed by atoms with Gasteiger partial charge in [-0.15, -0.1) is 0 Å². The summed E-state index contributed by atoms with van der Waals surface area (Å²) in [6.45, 7) is -0.436. The lowest BCUT2D eigenvalue weighted by atomic mass is 10.00. The third kappa shape index (κ3) is 5.10. The fraction of sp³-hybridized carbons (Fsp3) is 0.0952. The molecule has 1 atom stereocenters. The Morgan fingerprint density at radius 2 is 1.79 bits per heavy atom. The lowest BCUT2D eigenvalue weighted by Gasteiger charge is -2.17. The average molecular weight is 413 g/mol. The second-order valence-corrected chi connectivity index (χ2v) is 6.54. The monoisotopic (exact) mass is 412 g/mol. The van der Waals surface area contributed by atoms with Crippen molar-refractivity contribution in [3.8, 4) is 5.75 Å². The number of anilines is 1. The molecular formula is C21H17ClN2O5. The fourth-order valence-electron chi connectivity index (χ4n) is 2.75. The largest absolute Gasteiger partial charge is 0.477 e. The Balaban J connectivity index is 1.75. The number of aliphatic hydroxyl groups excluding tert-OH is 1. The zero-order valence-electron chi connectivity index (χ0n) is 15.1. The van der Waals surface area contributed by atoms with Crippen LogP contribution in [0.2, 0.25) is 5.02 Å². The first-order valence-corrected chi connectivity index (χ1v) is 9.02. The van der Waals surface area contributed by atoms with E-state index in [2.05, 4.69) is 5.32 Å². The number of carbonyl (C=O) groups excluding carboxylic acids is 1. The minimum Gasteiger partial charge on any atom is -0.477 e. The van der Waals surface area contributed by atoms with Gasteiger partial charge in [0.1, 0.15) is 6.10 Å². The molecule has 0 saturated carbocycles. The maximum atomic E-state index is 12.3. The van der Waals surface area contributed by atoms with Gasteiger partial charge < -0.3 is 15.2 Å². The van der Waals surface area contributed by atoms with E-state index in [0.717, 1.165) is 0 Å². The van der Waals surface area contributed by atoms with Crippen molar-refractivity contribution in [3.63, 3.8) is 0 Å². The molecule has 0 saturated heterocycles. The Morgan fingerprint density at radius 1 is 1.10 bits per heavy atom. The molecule has 29 heavy (non-hydrogen) atoms. The standard InChI is InChI=1S/C21H17ClN2O5/c22-15-10-11-17(16(12-15)21(26)14-6-2-1-3-7-14)23-20(25)13-29-19-9-5-4-8-18(19)24(27)28/h1-12,21,26H,13H2,(H,23,25)/t21-/m0/s1. The van der Waals surface area contributed by atoms with E-state index in [1.54, 1.807) is 48.5 Å². The number of amides is 1. The molecule has 0 heterocycles. The number of nitro benzene ring substituents is 1. The number of ether oxygens (including phenoxy) is 1. The molecule has 3 aromatic carbocycles. The number of benzene rings is 3. The number of hydrogen-bond acceptors (Lipinski definition) is 5. The van der Waals surface area contributed by atoms with Gasteiger partial charge in [-0.2, -0.15) is 0 Å². The summed E-state index contributed by atoms with van der Waals surface area (Å²) >= 11 is 6.06. The Labute approximate surface area is 171 Å². The van der Waals surface area contributed by atoms with Gasteiger partial charge in [0.05, 0.1) is 4.92 Å². The van der Waals surface area contributed by atoms with Crippen molar-refractivity contribution >= 4 is 28.9 Å². The zero-order chi connectivity index (χ0) is 20.8. The van der Waals surface area contributed by atoms with Gasteiger partial charge in [-0.3, -0.25) is 14.9 Å². The number of hydrogen-bond donors (Lipinski definition) is 2. The summed E-state index contributed by atoms with van der Waals surface area (Å²) in [5, 5.41) is 24.8. The number of aliphatic hydroxyl groups is 1. The molecule has 0 spiro atoms. The van der Waals surface area contributed by atoms with Crippen molar-refractivity contribution in [3.05, 3.63) is 99.1 Å². The van der Waals surface area contributed by atoms with Crippen LogP contribution in [0.5, 0.6) is 5.75 Å². The smallest absolute Gasteiger partial charge is 0.310 e. The Morgan fingerprint density at radius 3 is 2.52 bits per heavy atom. The summed E-state index contributed by atoms with van der Waals surface area (Å²) in [5.74, 6) is -0.541. The predicted molar refractivity (Wildman–Crippen MR) is 109 cm³/mol. The second-order valence-electron chi connectivity index (χ2n) is 6.11. The first-order chi connectivity index (χ1) is 14.0. The predicted octanol–water partition coefficient (Wildman–Crippen LogP) is 4.35. The molecule has 3 rings (SSSR count). The van der Waals surface area contributed by atoms with E-state index in [1.165, 1.54) is 18.2 Å². The van der Waals surface area contributed by atoms with Crippen LogP contribution >= 0.6 is 11.6 Å². The number of nitrogens with one attached hydrogen (secondary N) is 1. The van der Waals surface area contributed by atoms with Gasteiger partial charge in [-0.25, -0.2) is 0 Å². The van der Waals surface area contributed by atoms with Crippen LogP contribution in [0.15, 0.2) is 72.8 Å². The van der Waals surface area contributed by atoms with Crippen LogP contribution < -0.4 is 10.1 Å². The summed E-state index contributed by atoms with van der Waals surface area (Å²) in [6, 6.07) is 19.5. The topological polar surface area (TPSA) is 102 Å². The second kappa shape index (κ2) is 9.18. The third-order valence-electron chi connectivity index (χ3n) is 4.12. The quantitative estimate of drug-likeness (QED) is 0.443. The van der Waals surface area contributed by atoms with Crippen molar-refractivity contribution in [2.75, 3.05) is 11.9 Å². The van der Waals surface area contributed by atoms with Gasteiger partial charge in [0.25, 0.3) is 5.91 Å². The molecule has 0 unspecified atom stereocenters. The minimum atomic E-state index is -0.999. The highest BCUT2D eigenvalue weighted by atomic mass is 35.5. The maximum Gasteiger partial charge on any atom is 0.310 e. The SMILES string of the molecule is O=C(COc1ccccc1[N+](=O)[O-])Nc1ccc(Cl)cc1[C@@H](O)c1ccccc1. The van der Waals surface area contributed by atoms with E-state index in [4.69, 9.17) is 16.3 Å². The van der Waals surface area contributed by atoms with Crippen LogP contribution in [-0.4, -0.2) is 22.5 Å². The van der Waals surface area contributed by atoms with E-state index in [-0.39, 0.29) is 11.4 Å². The molecule has 0 bridgehead atoms. The first kappa shape index (κ1) is 20.3. The molecule has 3 aromatic rings. The molecule has 0 aliphatic carbocycles. The van der Waals surface area contributed by atoms with Crippen LogP contribution in [0.1, 0.15) is 17.2 Å². The minimum absolute atomic E-state index is 0.00620. The molecule has 1 amide bonds. The molecule has 148 valence electrons. The van der Waals surface area contributed by atoms with Crippen molar-refractivity contribution in [1.82, 2.24) is 0 Å². The van der Waals surface area contributed by atoms with Gasteiger partial charge in [-0.1, -0.05) is 54.1 Å². The Hall–Kier alpha value is -3.42. The summed E-state index contributed by atoms with van der Waals surface area (Å²) in [5.41, 5.74) is 1.19. The van der Waals surface area contributed by atoms with Crippen LogP contribution in [-0.2, 0) is 4.79 Å². The number of nitrogens with zero attached hydrogens (tertiary/aromatic N) is 1. The van der Waals surface area contributed by atoms with Crippen LogP contribution in [0.25, 0.3) is 0 Å². The summed E-state index contributed by atoms with van der Waals surface area (Å²) in [6.07, 6.45) is -0.999. The van der Waals surface area contributed by atoms with E-state index in [0.29, 0.717) is 21.8 Å². The lowest BCUT2D eigenvalue weighted by Crippen LogP contribution is -2.21. The Bertz CT molecular complexity index is 1030. The van der Waals surface area contributed by atoms with E-state index in [9.17, 15) is 20.0 Å². The van der Waals surface area contributed by atoms with Crippen molar-refractivity contribution in [2.24, 2.45) is 0 Å². The van der Waals surface area contributed by atoms with Gasteiger partial charge in [0, 0.05) is 22.3 Å². The summed E-state index contributed by atoms with van der Waals surface area (Å²) < 4.78 is 5.30. The molecule has 0 fully saturated rings. The summed E-state index contributed by atoms with van der Waals surface area (Å²) in [4.78, 5) is 22.8. The highest BCUT2D eigenvalue weighted by Crippen LogP contribution is 2.31. The number of carbonyl (C=O) groups is 1. The average Bonchev–Trinajstić information content (AvgIpc) is 2.73. The highest BCUT2D eigenvalue weighted by molar-refractivity contribution is 6.30. The van der Waals surface area contributed by atoms with E-state index in [1.807, 2.05) is 6.07 Å². The van der Waals surface area contributed by atoms with Crippen LogP contribution in [0.3, 0.4) is 0 Å². The molecule has 7 nitrogen and oxygen atoms in total. The van der Waals surface area contributed by atoms with E-state index < -0.39 is 23.5 Å². The normalized spacial score (nSPS) is 11.5. The fourth-order valence-corrected chi connectivity index (χ4v) is 2.93. The highest BCUT2D eigenvalue weighted by Gasteiger charge is 2.18. The number of halogens is 1. The van der Waals surface area contributed by atoms with Crippen LogP contribution in [0, 0.1) is 10.1 Å². The molecule has 0 aromatic heterocycles. The zero-order valence-corrected chi connectivity index (χ0v) is 15.9. The van der Waals surface area contributed by atoms with Crippen molar-refractivity contribution in [1.29, 1.82) is 0 Å². The summed E-state index contributed by atoms with van der Waals surface area (Å²) in [7, 11) is 0. The maximum absolute atomic E-state index is 12.3. The van der Waals surface area contributed by atoms with Crippen molar-refractivity contribution in [2.45, 2.75) is 6.10 Å². The Kier molecular flexibility index (Phi) is 6.43. The third-order valence-corrected chi connectivity index (χ3v) is 4.35. The molecule has 2 N–H and O–H groups in total. The van der Waals surface area contributed by atoms with E-state index >= 15 is 0 Å².